The van der Waals surface area contributed by atoms with Gasteiger partial charge in [0.2, 0.25) is 0 Å². The second-order valence-electron chi connectivity index (χ2n) is 6.24. The van der Waals surface area contributed by atoms with Gasteiger partial charge in [-0.15, -0.1) is 24.0 Å². The first-order valence-corrected chi connectivity index (χ1v) is 7.97. The van der Waals surface area contributed by atoms with Crippen molar-refractivity contribution < 1.29 is 32.7 Å². The second-order valence-corrected chi connectivity index (χ2v) is 6.24. The normalized spacial score (nSPS) is 19.1. The summed E-state index contributed by atoms with van der Waals surface area (Å²) in [6.45, 7) is 4.35. The van der Waals surface area contributed by atoms with E-state index in [4.69, 9.17) is 0 Å². The summed E-state index contributed by atoms with van der Waals surface area (Å²) in [5.74, 6) is 0. The number of hydrogen-bond donors (Lipinski definition) is 0. The van der Waals surface area contributed by atoms with Gasteiger partial charge in [-0.1, -0.05) is 61.4 Å². The van der Waals surface area contributed by atoms with Crippen molar-refractivity contribution in [3.63, 3.8) is 0 Å². The average Bonchev–Trinajstić information content (AvgIpc) is 3.28. The molecule has 0 nitrogen and oxygen atoms in total. The Bertz CT molecular complexity index is 638. The van der Waals surface area contributed by atoms with Crippen molar-refractivity contribution in [1.29, 1.82) is 0 Å². The van der Waals surface area contributed by atoms with Crippen molar-refractivity contribution in [2.24, 2.45) is 0 Å². The Morgan fingerprint density at radius 1 is 0.600 bits per heavy atom. The average molecular weight is 407 g/mol. The first kappa shape index (κ1) is 24.0. The van der Waals surface area contributed by atoms with Crippen molar-refractivity contribution >= 4 is 0 Å². The minimum atomic E-state index is 0. The summed E-state index contributed by atoms with van der Waals surface area (Å²) in [6.07, 6.45) is 27.9. The molecule has 131 valence electrons. The van der Waals surface area contributed by atoms with E-state index < -0.39 is 0 Å². The van der Waals surface area contributed by atoms with Crippen molar-refractivity contribution in [1.82, 2.24) is 0 Å². The molecule has 4 rings (SSSR count). The van der Waals surface area contributed by atoms with E-state index in [0.29, 0.717) is 0 Å². The zero-order valence-corrected chi connectivity index (χ0v) is 16.9. The molecule has 1 heteroatoms. The summed E-state index contributed by atoms with van der Waals surface area (Å²) < 4.78 is 0. The summed E-state index contributed by atoms with van der Waals surface area (Å²) in [5, 5.41) is 0. The Morgan fingerprint density at radius 2 is 1.00 bits per heavy atom. The van der Waals surface area contributed by atoms with Crippen LogP contribution in [0.1, 0.15) is 54.4 Å². The molecule has 0 amide bonds. The third-order valence-corrected chi connectivity index (χ3v) is 4.29. The molecule has 0 unspecified atom stereocenters. The van der Waals surface area contributed by atoms with Crippen LogP contribution in [-0.2, 0) is 32.7 Å². The minimum absolute atomic E-state index is 0. The van der Waals surface area contributed by atoms with Crippen LogP contribution >= 0.6 is 0 Å². The quantitative estimate of drug-likeness (QED) is 0.426. The first-order chi connectivity index (χ1) is 10.7. The van der Waals surface area contributed by atoms with Crippen molar-refractivity contribution in [2.45, 2.75) is 54.4 Å². The fourth-order valence-corrected chi connectivity index (χ4v) is 2.98. The van der Waals surface area contributed by atoms with Crippen LogP contribution in [0, 0.1) is 12.2 Å². The Morgan fingerprint density at radius 3 is 1.24 bits per heavy atom. The molecule has 0 heterocycles. The molecule has 0 N–H and O–H groups in total. The van der Waals surface area contributed by atoms with Gasteiger partial charge in [-0.3, -0.25) is 12.2 Å². The summed E-state index contributed by atoms with van der Waals surface area (Å²) in [4.78, 5) is 0. The van der Waals surface area contributed by atoms with Gasteiger partial charge in [-0.05, 0) is 26.7 Å². The van der Waals surface area contributed by atoms with Crippen molar-refractivity contribution in [3.05, 3.63) is 94.2 Å². The van der Waals surface area contributed by atoms with Crippen LogP contribution in [0.3, 0.4) is 0 Å². The Balaban J connectivity index is 0.000000411. The van der Waals surface area contributed by atoms with Crippen molar-refractivity contribution in [3.8, 4) is 0 Å². The van der Waals surface area contributed by atoms with Crippen molar-refractivity contribution in [2.75, 3.05) is 0 Å². The van der Waals surface area contributed by atoms with E-state index in [1.165, 1.54) is 33.4 Å². The Hall–Kier alpha value is -0.976. The van der Waals surface area contributed by atoms with Gasteiger partial charge in [0.15, 0.2) is 0 Å². The van der Waals surface area contributed by atoms with E-state index in [9.17, 15) is 0 Å². The van der Waals surface area contributed by atoms with E-state index in [0.717, 1.165) is 25.7 Å². The van der Waals surface area contributed by atoms with Gasteiger partial charge >= 0.3 is 0 Å². The van der Waals surface area contributed by atoms with Crippen LogP contribution in [0.5, 0.6) is 0 Å². The molecule has 0 spiro atoms. The molecule has 25 heavy (non-hydrogen) atoms. The maximum atomic E-state index is 3.18. The molecule has 4 aliphatic carbocycles. The van der Waals surface area contributed by atoms with E-state index in [-0.39, 0.29) is 47.6 Å². The van der Waals surface area contributed by atoms with E-state index in [1.807, 2.05) is 12.2 Å². The Kier molecular flexibility index (Phi) is 11.2. The number of hydrogen-bond acceptors (Lipinski definition) is 0. The zero-order valence-electron chi connectivity index (χ0n) is 14.0. The zero-order chi connectivity index (χ0) is 15.4. The van der Waals surface area contributed by atoms with Crippen LogP contribution in [0.4, 0.5) is 0 Å². The first-order valence-electron chi connectivity index (χ1n) is 7.97. The summed E-state index contributed by atoms with van der Waals surface area (Å²) >= 11 is 0. The largest absolute Gasteiger partial charge is 0.272 e. The number of rotatable bonds is 2. The molecule has 0 fully saturated rings. The van der Waals surface area contributed by atoms with Gasteiger partial charge in [-0.25, -0.2) is 24.3 Å². The third kappa shape index (κ3) is 6.68. The maximum Gasteiger partial charge on any atom is 0 e. The van der Waals surface area contributed by atoms with E-state index >= 15 is 0 Å². The van der Waals surface area contributed by atoms with Crippen LogP contribution < -0.4 is 0 Å². The molecule has 0 aromatic rings. The SMILES string of the molecule is C.C.CC1=CC=C(C2=CC=[C-]C2)C1.CC1=CC=C(C2=CC=[C-]C2)C1.[Y]. The molecular weight excluding hydrogens is 377 g/mol. The molecule has 0 aliphatic heterocycles. The van der Waals surface area contributed by atoms with Gasteiger partial charge in [0.25, 0.3) is 0 Å². The molecule has 0 atom stereocenters. The number of allylic oxidation sites excluding steroid dienone is 16. The van der Waals surface area contributed by atoms with Crippen LogP contribution in [0.2, 0.25) is 0 Å². The molecule has 4 aliphatic rings. The summed E-state index contributed by atoms with van der Waals surface area (Å²) in [7, 11) is 0. The molecule has 0 aromatic carbocycles. The topological polar surface area (TPSA) is 0 Å². The third-order valence-electron chi connectivity index (χ3n) is 4.29. The molecule has 0 bridgehead atoms. The molecule has 0 saturated carbocycles. The van der Waals surface area contributed by atoms with Gasteiger partial charge < -0.3 is 0 Å². The standard InChI is InChI=1S/2C11H11.2CH4.Y/c2*1-9-6-7-11(8-9)10-4-2-3-5-10;;;/h2*2,4,6-7H,5,8H2,1H3;2*1H4;/q2*-1;;;. The fraction of sp³-hybridized carbons (Fsp3) is 0.333. The van der Waals surface area contributed by atoms with Gasteiger partial charge in [-0.2, -0.15) is 0 Å². The fourth-order valence-electron chi connectivity index (χ4n) is 2.98. The monoisotopic (exact) mass is 407 g/mol. The predicted octanol–water partition coefficient (Wildman–Crippen LogP) is 7.17. The molecular formula is C24H30Y-2. The summed E-state index contributed by atoms with van der Waals surface area (Å²) in [6, 6.07) is 0. The van der Waals surface area contributed by atoms with E-state index in [2.05, 4.69) is 62.5 Å². The van der Waals surface area contributed by atoms with E-state index in [1.54, 1.807) is 0 Å². The minimum Gasteiger partial charge on any atom is -0.272 e. The summed E-state index contributed by atoms with van der Waals surface area (Å²) in [5.41, 5.74) is 8.77. The van der Waals surface area contributed by atoms with Crippen LogP contribution in [-0.4, -0.2) is 0 Å². The molecule has 0 saturated heterocycles. The second kappa shape index (κ2) is 11.6. The molecule has 1 radical (unpaired) electrons. The Labute approximate surface area is 180 Å². The van der Waals surface area contributed by atoms with Gasteiger partial charge in [0.05, 0.1) is 0 Å². The van der Waals surface area contributed by atoms with Gasteiger partial charge in [0.1, 0.15) is 0 Å². The maximum absolute atomic E-state index is 3.18. The van der Waals surface area contributed by atoms with Crippen LogP contribution in [0.25, 0.3) is 0 Å². The predicted molar refractivity (Wildman–Crippen MR) is 107 cm³/mol. The molecule has 0 aromatic heterocycles. The van der Waals surface area contributed by atoms with Gasteiger partial charge in [0, 0.05) is 32.7 Å². The van der Waals surface area contributed by atoms with Crippen LogP contribution in [0.15, 0.2) is 82.0 Å². The smallest absolute Gasteiger partial charge is 0 e.